The number of rotatable bonds is 7. The van der Waals surface area contributed by atoms with Crippen molar-refractivity contribution in [3.8, 4) is 0 Å². The van der Waals surface area contributed by atoms with E-state index in [0.717, 1.165) is 12.8 Å². The molecule has 3 N–H and O–H groups in total. The van der Waals surface area contributed by atoms with E-state index in [1.807, 2.05) is 30.1 Å². The normalized spacial score (nSPS) is 12.2. The van der Waals surface area contributed by atoms with Gasteiger partial charge in [0.1, 0.15) is 4.99 Å². The lowest BCUT2D eigenvalue weighted by molar-refractivity contribution is -0.117. The number of hydrogen-bond donors (Lipinski definition) is 2. The molecule has 1 aromatic rings. The molecule has 20 heavy (non-hydrogen) atoms. The van der Waals surface area contributed by atoms with Crippen LogP contribution in [0.15, 0.2) is 24.3 Å². The summed E-state index contributed by atoms with van der Waals surface area (Å²) in [5.41, 5.74) is 7.01. The van der Waals surface area contributed by atoms with E-state index in [9.17, 15) is 4.79 Å². The third-order valence-electron chi connectivity index (χ3n) is 3.32. The number of amides is 1. The molecule has 1 rings (SSSR count). The second-order valence-corrected chi connectivity index (χ2v) is 5.45. The number of hydrogen-bond acceptors (Lipinski definition) is 3. The predicted molar refractivity (Wildman–Crippen MR) is 88.0 cm³/mol. The summed E-state index contributed by atoms with van der Waals surface area (Å²) < 4.78 is 0. The number of nitrogens with one attached hydrogen (secondary N) is 1. The Kier molecular flexibility index (Phi) is 6.61. The highest BCUT2D eigenvalue weighted by molar-refractivity contribution is 7.80. The van der Waals surface area contributed by atoms with Gasteiger partial charge in [0.2, 0.25) is 5.91 Å². The molecule has 0 saturated carbocycles. The molecule has 0 aliphatic rings. The van der Waals surface area contributed by atoms with Crippen LogP contribution in [0.25, 0.3) is 0 Å². The molecule has 110 valence electrons. The van der Waals surface area contributed by atoms with Gasteiger partial charge in [-0.3, -0.25) is 9.69 Å². The minimum absolute atomic E-state index is 0.0563. The molecule has 0 aromatic heterocycles. The average molecular weight is 293 g/mol. The van der Waals surface area contributed by atoms with Crippen molar-refractivity contribution < 1.29 is 4.79 Å². The molecule has 0 saturated heterocycles. The maximum atomic E-state index is 12.1. The lowest BCUT2D eigenvalue weighted by atomic mass is 10.1. The number of para-hydroxylation sites is 1. The summed E-state index contributed by atoms with van der Waals surface area (Å²) in [4.78, 5) is 14.4. The molecular weight excluding hydrogens is 270 g/mol. The first-order chi connectivity index (χ1) is 9.45. The van der Waals surface area contributed by atoms with Crippen LogP contribution in [0.5, 0.6) is 0 Å². The van der Waals surface area contributed by atoms with Crippen LogP contribution < -0.4 is 11.1 Å². The van der Waals surface area contributed by atoms with Gasteiger partial charge in [-0.2, -0.15) is 0 Å². The van der Waals surface area contributed by atoms with Crippen LogP contribution in [0, 0.1) is 0 Å². The second kappa shape index (κ2) is 7.97. The number of nitrogens with two attached hydrogens (primary N) is 1. The van der Waals surface area contributed by atoms with Gasteiger partial charge in [-0.25, -0.2) is 0 Å². The minimum atomic E-state index is -0.0563. The Balaban J connectivity index is 2.65. The highest BCUT2D eigenvalue weighted by atomic mass is 32.1. The number of likely N-dealkylation sites (N-methyl/N-ethyl adjacent to an activating group) is 1. The number of benzene rings is 1. The molecular formula is C15H23N3OS. The molecule has 1 amide bonds. The molecule has 1 atom stereocenters. The first-order valence-corrected chi connectivity index (χ1v) is 7.25. The zero-order chi connectivity index (χ0) is 15.1. The van der Waals surface area contributed by atoms with Gasteiger partial charge in [-0.05, 0) is 32.5 Å². The number of nitrogens with zero attached hydrogens (tertiary/aromatic N) is 1. The van der Waals surface area contributed by atoms with Crippen molar-refractivity contribution >= 4 is 28.8 Å². The van der Waals surface area contributed by atoms with E-state index < -0.39 is 0 Å². The number of carbonyl (C=O) groups is 1. The standard InChI is InChI=1S/C15H23N3OS/c1-4-7-11(2)18(3)10-14(19)17-13-9-6-5-8-12(13)15(16)20/h5-6,8-9,11H,4,7,10H2,1-3H3,(H2,16,20)(H,17,19). The average Bonchev–Trinajstić information content (AvgIpc) is 2.39. The molecule has 0 fully saturated rings. The van der Waals surface area contributed by atoms with E-state index in [0.29, 0.717) is 23.8 Å². The van der Waals surface area contributed by atoms with Crippen molar-refractivity contribution in [2.24, 2.45) is 5.73 Å². The smallest absolute Gasteiger partial charge is 0.238 e. The van der Waals surface area contributed by atoms with Gasteiger partial charge in [0, 0.05) is 11.6 Å². The van der Waals surface area contributed by atoms with Crippen molar-refractivity contribution in [1.29, 1.82) is 0 Å². The number of anilines is 1. The Hall–Kier alpha value is -1.46. The summed E-state index contributed by atoms with van der Waals surface area (Å²) in [5.74, 6) is -0.0563. The van der Waals surface area contributed by atoms with Gasteiger partial charge in [0.15, 0.2) is 0 Å². The maximum Gasteiger partial charge on any atom is 0.238 e. The Labute approximate surface area is 126 Å². The first-order valence-electron chi connectivity index (χ1n) is 6.84. The third-order valence-corrected chi connectivity index (χ3v) is 3.54. The first kappa shape index (κ1) is 16.6. The quantitative estimate of drug-likeness (QED) is 0.758. The largest absolute Gasteiger partial charge is 0.389 e. The van der Waals surface area contributed by atoms with E-state index in [4.69, 9.17) is 18.0 Å². The molecule has 1 aromatic carbocycles. The van der Waals surface area contributed by atoms with Gasteiger partial charge in [0.05, 0.1) is 12.2 Å². The molecule has 5 heteroatoms. The van der Waals surface area contributed by atoms with E-state index in [-0.39, 0.29) is 10.9 Å². The van der Waals surface area contributed by atoms with Gasteiger partial charge >= 0.3 is 0 Å². The Morgan fingerprint density at radius 1 is 1.45 bits per heavy atom. The number of carbonyl (C=O) groups excluding carboxylic acids is 1. The lowest BCUT2D eigenvalue weighted by Crippen LogP contribution is -2.36. The molecule has 0 radical (unpaired) electrons. The fraction of sp³-hybridized carbons (Fsp3) is 0.467. The monoisotopic (exact) mass is 293 g/mol. The van der Waals surface area contributed by atoms with Crippen LogP contribution in [-0.2, 0) is 4.79 Å². The summed E-state index contributed by atoms with van der Waals surface area (Å²) in [7, 11) is 1.96. The van der Waals surface area contributed by atoms with Crippen LogP contribution in [0.3, 0.4) is 0 Å². The highest BCUT2D eigenvalue weighted by Crippen LogP contribution is 2.15. The molecule has 1 unspecified atom stereocenters. The Bertz CT molecular complexity index is 476. The molecule has 0 heterocycles. The highest BCUT2D eigenvalue weighted by Gasteiger charge is 2.14. The summed E-state index contributed by atoms with van der Waals surface area (Å²) in [5, 5.41) is 2.87. The topological polar surface area (TPSA) is 58.4 Å². The Morgan fingerprint density at radius 2 is 2.10 bits per heavy atom. The molecule has 0 spiro atoms. The molecule has 4 nitrogen and oxygen atoms in total. The van der Waals surface area contributed by atoms with Crippen molar-refractivity contribution in [2.45, 2.75) is 32.7 Å². The van der Waals surface area contributed by atoms with E-state index in [1.165, 1.54) is 0 Å². The molecule has 0 aliphatic carbocycles. The van der Waals surface area contributed by atoms with Crippen LogP contribution in [-0.4, -0.2) is 35.4 Å². The van der Waals surface area contributed by atoms with E-state index in [1.54, 1.807) is 6.07 Å². The van der Waals surface area contributed by atoms with Crippen LogP contribution in [0.2, 0.25) is 0 Å². The SMILES string of the molecule is CCCC(C)N(C)CC(=O)Nc1ccccc1C(N)=S. The van der Waals surface area contributed by atoms with Crippen molar-refractivity contribution in [1.82, 2.24) is 4.90 Å². The number of thiocarbonyl (C=S) groups is 1. The van der Waals surface area contributed by atoms with Crippen molar-refractivity contribution in [3.05, 3.63) is 29.8 Å². The van der Waals surface area contributed by atoms with Crippen molar-refractivity contribution in [3.63, 3.8) is 0 Å². The third kappa shape index (κ3) is 4.90. The predicted octanol–water partition coefficient (Wildman–Crippen LogP) is 2.38. The molecule has 0 aliphatic heterocycles. The fourth-order valence-electron chi connectivity index (χ4n) is 2.02. The Morgan fingerprint density at radius 3 is 2.70 bits per heavy atom. The van der Waals surface area contributed by atoms with Gasteiger partial charge in [-0.15, -0.1) is 0 Å². The summed E-state index contributed by atoms with van der Waals surface area (Å²) >= 11 is 4.98. The lowest BCUT2D eigenvalue weighted by Gasteiger charge is -2.23. The minimum Gasteiger partial charge on any atom is -0.389 e. The summed E-state index contributed by atoms with van der Waals surface area (Å²) in [6.07, 6.45) is 2.19. The van der Waals surface area contributed by atoms with Gasteiger partial charge in [-0.1, -0.05) is 37.7 Å². The zero-order valence-corrected chi connectivity index (χ0v) is 13.2. The second-order valence-electron chi connectivity index (χ2n) is 5.01. The molecule has 0 bridgehead atoms. The summed E-state index contributed by atoms with van der Waals surface area (Å²) in [6.45, 7) is 4.62. The van der Waals surface area contributed by atoms with E-state index >= 15 is 0 Å². The van der Waals surface area contributed by atoms with Gasteiger partial charge < -0.3 is 11.1 Å². The zero-order valence-electron chi connectivity index (χ0n) is 12.3. The van der Waals surface area contributed by atoms with Crippen LogP contribution in [0.1, 0.15) is 32.3 Å². The fourth-order valence-corrected chi connectivity index (χ4v) is 2.20. The van der Waals surface area contributed by atoms with Crippen molar-refractivity contribution in [2.75, 3.05) is 18.9 Å². The van der Waals surface area contributed by atoms with Crippen LogP contribution >= 0.6 is 12.2 Å². The van der Waals surface area contributed by atoms with Gasteiger partial charge in [0.25, 0.3) is 0 Å². The van der Waals surface area contributed by atoms with E-state index in [2.05, 4.69) is 19.2 Å². The van der Waals surface area contributed by atoms with Crippen LogP contribution in [0.4, 0.5) is 5.69 Å². The summed E-state index contributed by atoms with van der Waals surface area (Å²) in [6, 6.07) is 7.69. The maximum absolute atomic E-state index is 12.1.